The molecule has 5 nitrogen and oxygen atoms in total. The molecule has 3 rings (SSSR count). The smallest absolute Gasteiger partial charge is 0.227 e. The Morgan fingerprint density at radius 1 is 1.19 bits per heavy atom. The summed E-state index contributed by atoms with van der Waals surface area (Å²) in [4.78, 5) is 4.52. The standard InChI is InChI=1S/C15H13NO4S/c1-2-21(18,19)12-6-7-14-13(9-12)16-15(20-14)10-4-3-5-11(17)8-10/h3-9,17H,2H2,1H3. The van der Waals surface area contributed by atoms with Gasteiger partial charge in [0.1, 0.15) is 11.3 Å². The van der Waals surface area contributed by atoms with Crippen molar-refractivity contribution >= 4 is 20.9 Å². The average molecular weight is 303 g/mol. The van der Waals surface area contributed by atoms with E-state index in [1.165, 1.54) is 18.2 Å². The van der Waals surface area contributed by atoms with E-state index in [1.807, 2.05) is 0 Å². The molecule has 108 valence electrons. The zero-order valence-electron chi connectivity index (χ0n) is 11.3. The van der Waals surface area contributed by atoms with Crippen LogP contribution in [0.5, 0.6) is 5.75 Å². The molecule has 1 aromatic heterocycles. The van der Waals surface area contributed by atoms with Crippen molar-refractivity contribution in [1.82, 2.24) is 4.98 Å². The summed E-state index contributed by atoms with van der Waals surface area (Å²) >= 11 is 0. The second-order valence-corrected chi connectivity index (χ2v) is 6.88. The number of aromatic hydroxyl groups is 1. The summed E-state index contributed by atoms with van der Waals surface area (Å²) in [6, 6.07) is 11.1. The lowest BCUT2D eigenvalue weighted by Gasteiger charge is -1.99. The Balaban J connectivity index is 2.13. The Morgan fingerprint density at radius 3 is 2.71 bits per heavy atom. The molecule has 6 heteroatoms. The maximum Gasteiger partial charge on any atom is 0.227 e. The van der Waals surface area contributed by atoms with Gasteiger partial charge in [-0.05, 0) is 36.4 Å². The van der Waals surface area contributed by atoms with Crippen LogP contribution in [0.4, 0.5) is 0 Å². The molecule has 0 saturated carbocycles. The molecule has 21 heavy (non-hydrogen) atoms. The van der Waals surface area contributed by atoms with Gasteiger partial charge >= 0.3 is 0 Å². The molecule has 0 saturated heterocycles. The molecule has 2 aromatic carbocycles. The molecule has 3 aromatic rings. The lowest BCUT2D eigenvalue weighted by atomic mass is 10.2. The van der Waals surface area contributed by atoms with Crippen LogP contribution in [0, 0.1) is 0 Å². The Hall–Kier alpha value is -2.34. The fourth-order valence-electron chi connectivity index (χ4n) is 2.03. The van der Waals surface area contributed by atoms with Crippen molar-refractivity contribution in [1.29, 1.82) is 0 Å². The lowest BCUT2D eigenvalue weighted by Crippen LogP contribution is -2.03. The van der Waals surface area contributed by atoms with Gasteiger partial charge in [-0.25, -0.2) is 13.4 Å². The summed E-state index contributed by atoms with van der Waals surface area (Å²) in [6.07, 6.45) is 0. The first-order valence-corrected chi connectivity index (χ1v) is 8.07. The molecule has 1 N–H and O–H groups in total. The summed E-state index contributed by atoms with van der Waals surface area (Å²) in [5, 5.41) is 9.48. The SMILES string of the molecule is CCS(=O)(=O)c1ccc2oc(-c3cccc(O)c3)nc2c1. The number of fused-ring (bicyclic) bond motifs is 1. The van der Waals surface area contributed by atoms with E-state index in [1.54, 1.807) is 31.2 Å². The molecule has 0 aliphatic carbocycles. The number of phenolic OH excluding ortho intramolecular Hbond substituents is 1. The first-order chi connectivity index (χ1) is 9.99. The van der Waals surface area contributed by atoms with Gasteiger partial charge in [0.2, 0.25) is 5.89 Å². The Kier molecular flexibility index (Phi) is 3.17. The van der Waals surface area contributed by atoms with E-state index < -0.39 is 9.84 Å². The Labute approximate surface area is 121 Å². The van der Waals surface area contributed by atoms with Crippen molar-refractivity contribution in [2.24, 2.45) is 0 Å². The van der Waals surface area contributed by atoms with Gasteiger partial charge in [0, 0.05) is 5.56 Å². The molecule has 0 fully saturated rings. The topological polar surface area (TPSA) is 80.4 Å². The maximum atomic E-state index is 11.9. The number of aromatic nitrogens is 1. The number of nitrogens with zero attached hydrogens (tertiary/aromatic N) is 1. The third kappa shape index (κ3) is 2.50. The van der Waals surface area contributed by atoms with Gasteiger partial charge in [-0.3, -0.25) is 0 Å². The summed E-state index contributed by atoms with van der Waals surface area (Å²) in [7, 11) is -3.27. The number of oxazole rings is 1. The highest BCUT2D eigenvalue weighted by Crippen LogP contribution is 2.28. The molecule has 0 aliphatic rings. The van der Waals surface area contributed by atoms with Crippen LogP contribution in [0.1, 0.15) is 6.92 Å². The summed E-state index contributed by atoms with van der Waals surface area (Å²) in [5.41, 5.74) is 1.61. The van der Waals surface area contributed by atoms with Crippen LogP contribution in [-0.2, 0) is 9.84 Å². The van der Waals surface area contributed by atoms with Crippen LogP contribution in [0.3, 0.4) is 0 Å². The minimum Gasteiger partial charge on any atom is -0.508 e. The van der Waals surface area contributed by atoms with Gasteiger partial charge in [0.25, 0.3) is 0 Å². The van der Waals surface area contributed by atoms with Crippen LogP contribution >= 0.6 is 0 Å². The van der Waals surface area contributed by atoms with Crippen molar-refractivity contribution in [3.05, 3.63) is 42.5 Å². The molecule has 0 spiro atoms. The summed E-state index contributed by atoms with van der Waals surface area (Å²) in [6.45, 7) is 1.60. The number of phenols is 1. The maximum absolute atomic E-state index is 11.9. The minimum absolute atomic E-state index is 0.0375. The fourth-order valence-corrected chi connectivity index (χ4v) is 2.93. The predicted molar refractivity (Wildman–Crippen MR) is 78.8 cm³/mol. The van der Waals surface area contributed by atoms with E-state index in [4.69, 9.17) is 4.42 Å². The Morgan fingerprint density at radius 2 is 2.00 bits per heavy atom. The summed E-state index contributed by atoms with van der Waals surface area (Å²) < 4.78 is 29.3. The quantitative estimate of drug-likeness (QED) is 0.804. The molecular weight excluding hydrogens is 290 g/mol. The highest BCUT2D eigenvalue weighted by molar-refractivity contribution is 7.91. The zero-order valence-corrected chi connectivity index (χ0v) is 12.1. The third-order valence-electron chi connectivity index (χ3n) is 3.19. The highest BCUT2D eigenvalue weighted by atomic mass is 32.2. The molecule has 0 unspecified atom stereocenters. The molecule has 0 radical (unpaired) electrons. The van der Waals surface area contributed by atoms with E-state index in [2.05, 4.69) is 4.98 Å². The van der Waals surface area contributed by atoms with Gasteiger partial charge in [0.15, 0.2) is 15.4 Å². The van der Waals surface area contributed by atoms with E-state index in [9.17, 15) is 13.5 Å². The number of hydrogen-bond acceptors (Lipinski definition) is 5. The first kappa shape index (κ1) is 13.6. The normalized spacial score (nSPS) is 11.9. The largest absolute Gasteiger partial charge is 0.508 e. The fraction of sp³-hybridized carbons (Fsp3) is 0.133. The summed E-state index contributed by atoms with van der Waals surface area (Å²) in [5.74, 6) is 0.492. The molecule has 0 bridgehead atoms. The van der Waals surface area contributed by atoms with Crippen LogP contribution in [0.25, 0.3) is 22.6 Å². The minimum atomic E-state index is -3.27. The first-order valence-electron chi connectivity index (χ1n) is 6.42. The second-order valence-electron chi connectivity index (χ2n) is 4.60. The Bertz CT molecular complexity index is 912. The van der Waals surface area contributed by atoms with Gasteiger partial charge in [-0.2, -0.15) is 0 Å². The van der Waals surface area contributed by atoms with Crippen LogP contribution in [-0.4, -0.2) is 24.3 Å². The van der Waals surface area contributed by atoms with Crippen molar-refractivity contribution < 1.29 is 17.9 Å². The molecule has 0 atom stereocenters. The van der Waals surface area contributed by atoms with Crippen molar-refractivity contribution in [2.75, 3.05) is 5.75 Å². The van der Waals surface area contributed by atoms with Crippen LogP contribution in [0.2, 0.25) is 0 Å². The number of benzene rings is 2. The molecule has 0 amide bonds. The van der Waals surface area contributed by atoms with E-state index >= 15 is 0 Å². The van der Waals surface area contributed by atoms with Gasteiger partial charge in [-0.15, -0.1) is 0 Å². The monoisotopic (exact) mass is 303 g/mol. The van der Waals surface area contributed by atoms with Gasteiger partial charge in [0.05, 0.1) is 10.6 Å². The average Bonchev–Trinajstić information content (AvgIpc) is 2.90. The number of rotatable bonds is 3. The second kappa shape index (κ2) is 4.89. The number of hydrogen-bond donors (Lipinski definition) is 1. The van der Waals surface area contributed by atoms with Crippen molar-refractivity contribution in [2.45, 2.75) is 11.8 Å². The predicted octanol–water partition coefficient (Wildman–Crippen LogP) is 2.99. The zero-order chi connectivity index (χ0) is 15.0. The van der Waals surface area contributed by atoms with Gasteiger partial charge < -0.3 is 9.52 Å². The number of sulfone groups is 1. The van der Waals surface area contributed by atoms with Crippen molar-refractivity contribution in [3.63, 3.8) is 0 Å². The van der Waals surface area contributed by atoms with Crippen molar-refractivity contribution in [3.8, 4) is 17.2 Å². The van der Waals surface area contributed by atoms with E-state index in [0.29, 0.717) is 22.6 Å². The van der Waals surface area contributed by atoms with E-state index in [0.717, 1.165) is 0 Å². The molecule has 1 heterocycles. The third-order valence-corrected chi connectivity index (χ3v) is 4.92. The molecular formula is C15H13NO4S. The van der Waals surface area contributed by atoms with Crippen LogP contribution in [0.15, 0.2) is 51.8 Å². The molecule has 0 aliphatic heterocycles. The lowest BCUT2D eigenvalue weighted by molar-refractivity contribution is 0.475. The highest BCUT2D eigenvalue weighted by Gasteiger charge is 2.15. The van der Waals surface area contributed by atoms with Crippen LogP contribution < -0.4 is 0 Å². The van der Waals surface area contributed by atoms with Gasteiger partial charge in [-0.1, -0.05) is 13.0 Å². The van der Waals surface area contributed by atoms with E-state index in [-0.39, 0.29) is 16.4 Å².